The Bertz CT molecular complexity index is 918. The Hall–Kier alpha value is -2.49. The Morgan fingerprint density at radius 1 is 1.21 bits per heavy atom. The molecule has 1 N–H and O–H groups in total. The number of nitrogens with one attached hydrogen (secondary N) is 1. The first kappa shape index (κ1) is 19.8. The molecule has 1 aliphatic carbocycles. The first-order chi connectivity index (χ1) is 13.8. The van der Waals surface area contributed by atoms with Crippen molar-refractivity contribution in [2.75, 3.05) is 0 Å². The second-order valence-electron chi connectivity index (χ2n) is 9.03. The Morgan fingerprint density at radius 3 is 2.83 bits per heavy atom. The maximum Gasteiger partial charge on any atom is 0.261 e. The van der Waals surface area contributed by atoms with Crippen molar-refractivity contribution in [3.8, 4) is 11.5 Å². The molecule has 0 bridgehead atoms. The van der Waals surface area contributed by atoms with Crippen LogP contribution in [0.15, 0.2) is 36.4 Å². The van der Waals surface area contributed by atoms with Crippen molar-refractivity contribution in [2.24, 2.45) is 0 Å². The zero-order chi connectivity index (χ0) is 20.6. The summed E-state index contributed by atoms with van der Waals surface area (Å²) in [4.78, 5) is 13.0. The highest BCUT2D eigenvalue weighted by Gasteiger charge is 2.35. The molecule has 29 heavy (non-hydrogen) atoms. The van der Waals surface area contributed by atoms with Gasteiger partial charge in [-0.1, -0.05) is 24.3 Å². The van der Waals surface area contributed by atoms with Crippen molar-refractivity contribution >= 4 is 5.91 Å². The van der Waals surface area contributed by atoms with E-state index in [1.165, 1.54) is 24.0 Å². The van der Waals surface area contributed by atoms with Crippen LogP contribution >= 0.6 is 0 Å². The topological polar surface area (TPSA) is 47.6 Å². The van der Waals surface area contributed by atoms with Crippen LogP contribution in [-0.4, -0.2) is 17.6 Å². The molecule has 1 amide bonds. The minimum atomic E-state index is -0.553. The van der Waals surface area contributed by atoms with E-state index >= 15 is 0 Å². The number of hydrogen-bond donors (Lipinski definition) is 1. The van der Waals surface area contributed by atoms with E-state index in [1.54, 1.807) is 0 Å². The molecule has 1 aliphatic heterocycles. The number of hydrogen-bond acceptors (Lipinski definition) is 3. The molecule has 0 spiro atoms. The summed E-state index contributed by atoms with van der Waals surface area (Å²) in [6.45, 7) is 8.01. The lowest BCUT2D eigenvalue weighted by molar-refractivity contribution is -0.128. The van der Waals surface area contributed by atoms with Gasteiger partial charge in [-0.2, -0.15) is 0 Å². The molecule has 2 aromatic rings. The van der Waals surface area contributed by atoms with Crippen molar-refractivity contribution in [2.45, 2.75) is 77.5 Å². The number of carbonyl (C=O) groups is 1. The summed E-state index contributed by atoms with van der Waals surface area (Å²) < 4.78 is 12.3. The molecule has 154 valence electrons. The standard InChI is InChI=1S/C25H31NO3/c1-16-12-13-20-21(15-25(3,4)29-23(20)14-16)26-24(27)17(2)28-22-11-7-9-18-8-5-6-10-19(18)22/h7,9,11-14,17,21H,5-6,8,10,15H2,1-4H3,(H,26,27)/t17-,21+/m0/s1. The molecular formula is C25H31NO3. The van der Waals surface area contributed by atoms with Gasteiger partial charge in [0.1, 0.15) is 17.1 Å². The summed E-state index contributed by atoms with van der Waals surface area (Å²) in [7, 11) is 0. The van der Waals surface area contributed by atoms with E-state index in [2.05, 4.69) is 44.3 Å². The molecule has 2 aliphatic rings. The average Bonchev–Trinajstić information content (AvgIpc) is 2.67. The fourth-order valence-corrected chi connectivity index (χ4v) is 4.48. The molecular weight excluding hydrogens is 362 g/mol. The van der Waals surface area contributed by atoms with Gasteiger partial charge in [-0.3, -0.25) is 4.79 Å². The summed E-state index contributed by atoms with van der Waals surface area (Å²) in [5, 5.41) is 3.21. The fourth-order valence-electron chi connectivity index (χ4n) is 4.48. The monoisotopic (exact) mass is 393 g/mol. The van der Waals surface area contributed by atoms with Gasteiger partial charge in [-0.25, -0.2) is 0 Å². The third-order valence-electron chi connectivity index (χ3n) is 5.97. The molecule has 0 unspecified atom stereocenters. The van der Waals surface area contributed by atoms with Gasteiger partial charge in [0.2, 0.25) is 0 Å². The predicted octanol–water partition coefficient (Wildman–Crippen LogP) is 5.06. The summed E-state index contributed by atoms with van der Waals surface area (Å²) >= 11 is 0. The smallest absolute Gasteiger partial charge is 0.261 e. The van der Waals surface area contributed by atoms with E-state index in [4.69, 9.17) is 9.47 Å². The summed E-state index contributed by atoms with van der Waals surface area (Å²) in [5.41, 5.74) is 4.48. The number of ether oxygens (including phenoxy) is 2. The normalized spacial score (nSPS) is 20.6. The van der Waals surface area contributed by atoms with Crippen LogP contribution in [0.3, 0.4) is 0 Å². The van der Waals surface area contributed by atoms with E-state index in [0.29, 0.717) is 0 Å². The largest absolute Gasteiger partial charge is 0.487 e. The SMILES string of the molecule is Cc1ccc2c(c1)OC(C)(C)C[C@H]2NC(=O)[C@H](C)Oc1cccc2c1CCCC2. The van der Waals surface area contributed by atoms with E-state index in [0.717, 1.165) is 41.9 Å². The fraction of sp³-hybridized carbons (Fsp3) is 0.480. The molecule has 1 heterocycles. The number of fused-ring (bicyclic) bond motifs is 2. The highest BCUT2D eigenvalue weighted by atomic mass is 16.5. The van der Waals surface area contributed by atoms with E-state index in [-0.39, 0.29) is 17.6 Å². The molecule has 0 aromatic heterocycles. The van der Waals surface area contributed by atoms with Crippen molar-refractivity contribution in [3.05, 3.63) is 58.7 Å². The Labute approximate surface area is 173 Å². The zero-order valence-electron chi connectivity index (χ0n) is 17.9. The molecule has 4 nitrogen and oxygen atoms in total. The highest BCUT2D eigenvalue weighted by molar-refractivity contribution is 5.81. The van der Waals surface area contributed by atoms with Gasteiger partial charge in [-0.05, 0) is 82.2 Å². The molecule has 4 rings (SSSR count). The van der Waals surface area contributed by atoms with Crippen LogP contribution in [0.5, 0.6) is 11.5 Å². The van der Waals surface area contributed by atoms with E-state index in [1.807, 2.05) is 25.1 Å². The number of rotatable bonds is 4. The lowest BCUT2D eigenvalue weighted by atomic mass is 9.89. The van der Waals surface area contributed by atoms with Crippen molar-refractivity contribution in [1.29, 1.82) is 0 Å². The van der Waals surface area contributed by atoms with Gasteiger partial charge in [-0.15, -0.1) is 0 Å². The quantitative estimate of drug-likeness (QED) is 0.790. The Balaban J connectivity index is 1.50. The van der Waals surface area contributed by atoms with Crippen LogP contribution in [0, 0.1) is 6.92 Å². The first-order valence-corrected chi connectivity index (χ1v) is 10.7. The van der Waals surface area contributed by atoms with Crippen LogP contribution in [0.1, 0.15) is 68.3 Å². The summed E-state index contributed by atoms with van der Waals surface area (Å²) in [6.07, 6.45) is 4.71. The average molecular weight is 394 g/mol. The van der Waals surface area contributed by atoms with Gasteiger partial charge in [0, 0.05) is 12.0 Å². The van der Waals surface area contributed by atoms with Gasteiger partial charge in [0.15, 0.2) is 6.10 Å². The molecule has 2 aromatic carbocycles. The van der Waals surface area contributed by atoms with Gasteiger partial charge >= 0.3 is 0 Å². The minimum absolute atomic E-state index is 0.0856. The van der Waals surface area contributed by atoms with E-state index < -0.39 is 6.10 Å². The highest BCUT2D eigenvalue weighted by Crippen LogP contribution is 2.40. The molecule has 0 saturated carbocycles. The summed E-state index contributed by atoms with van der Waals surface area (Å²) in [6, 6.07) is 12.3. The summed E-state index contributed by atoms with van der Waals surface area (Å²) in [5.74, 6) is 1.62. The lowest BCUT2D eigenvalue weighted by Crippen LogP contribution is -2.44. The Morgan fingerprint density at radius 2 is 2.00 bits per heavy atom. The molecule has 0 fully saturated rings. The second kappa shape index (κ2) is 7.74. The predicted molar refractivity (Wildman–Crippen MR) is 115 cm³/mol. The minimum Gasteiger partial charge on any atom is -0.487 e. The van der Waals surface area contributed by atoms with E-state index in [9.17, 15) is 4.79 Å². The zero-order valence-corrected chi connectivity index (χ0v) is 17.9. The lowest BCUT2D eigenvalue weighted by Gasteiger charge is -2.38. The van der Waals surface area contributed by atoms with Gasteiger partial charge in [0.25, 0.3) is 5.91 Å². The number of benzene rings is 2. The van der Waals surface area contributed by atoms with Crippen molar-refractivity contribution < 1.29 is 14.3 Å². The number of carbonyl (C=O) groups excluding carboxylic acids is 1. The third kappa shape index (κ3) is 4.26. The number of aryl methyl sites for hydroxylation is 2. The Kier molecular flexibility index (Phi) is 5.28. The van der Waals surface area contributed by atoms with Gasteiger partial charge in [0.05, 0.1) is 6.04 Å². The van der Waals surface area contributed by atoms with Crippen LogP contribution in [0.25, 0.3) is 0 Å². The van der Waals surface area contributed by atoms with Crippen molar-refractivity contribution in [1.82, 2.24) is 5.32 Å². The van der Waals surface area contributed by atoms with Crippen LogP contribution in [0.2, 0.25) is 0 Å². The maximum atomic E-state index is 13.0. The van der Waals surface area contributed by atoms with Crippen molar-refractivity contribution in [3.63, 3.8) is 0 Å². The second-order valence-corrected chi connectivity index (χ2v) is 9.03. The van der Waals surface area contributed by atoms with Crippen LogP contribution in [0.4, 0.5) is 0 Å². The number of amides is 1. The van der Waals surface area contributed by atoms with Gasteiger partial charge < -0.3 is 14.8 Å². The van der Waals surface area contributed by atoms with Crippen LogP contribution in [-0.2, 0) is 17.6 Å². The molecule has 0 radical (unpaired) electrons. The molecule has 4 heteroatoms. The third-order valence-corrected chi connectivity index (χ3v) is 5.97. The molecule has 2 atom stereocenters. The van der Waals surface area contributed by atoms with Crippen LogP contribution < -0.4 is 14.8 Å². The first-order valence-electron chi connectivity index (χ1n) is 10.7. The molecule has 0 saturated heterocycles. The maximum absolute atomic E-state index is 13.0.